The number of aromatic nitrogens is 1. The summed E-state index contributed by atoms with van der Waals surface area (Å²) < 4.78 is 0. The zero-order valence-electron chi connectivity index (χ0n) is 15.7. The van der Waals surface area contributed by atoms with Crippen LogP contribution >= 0.6 is 0 Å². The fourth-order valence-corrected chi connectivity index (χ4v) is 4.73. The Morgan fingerprint density at radius 3 is 2.35 bits per heavy atom. The second-order valence-electron chi connectivity index (χ2n) is 7.83. The van der Waals surface area contributed by atoms with Crippen molar-refractivity contribution in [1.29, 1.82) is 0 Å². The van der Waals surface area contributed by atoms with Gasteiger partial charge in [-0.3, -0.25) is 4.98 Å². The minimum absolute atomic E-state index is 0.113. The van der Waals surface area contributed by atoms with Crippen LogP contribution < -0.4 is 9.80 Å². The standard InChI is InChI=1S/C23H23N3/c1-15-25(4)18-11-5-6-12-19(18)26(15)20-13-7-9-16-17-10-8-14-24-22(17)23(2,3)21(16)20/h5-15H,1-4H3/t15-/m0/s1. The fraction of sp³-hybridized carbons (Fsp3) is 0.261. The molecule has 5 rings (SSSR count). The van der Waals surface area contributed by atoms with Gasteiger partial charge in [0.15, 0.2) is 0 Å². The van der Waals surface area contributed by atoms with Crippen molar-refractivity contribution in [2.45, 2.75) is 32.4 Å². The third kappa shape index (κ3) is 1.80. The van der Waals surface area contributed by atoms with Crippen LogP contribution in [-0.2, 0) is 5.41 Å². The molecule has 3 nitrogen and oxygen atoms in total. The van der Waals surface area contributed by atoms with Crippen molar-refractivity contribution in [2.75, 3.05) is 16.8 Å². The van der Waals surface area contributed by atoms with Crippen LogP contribution in [0.2, 0.25) is 0 Å². The lowest BCUT2D eigenvalue weighted by Crippen LogP contribution is -2.36. The van der Waals surface area contributed by atoms with E-state index in [1.807, 2.05) is 12.3 Å². The monoisotopic (exact) mass is 341 g/mol. The highest BCUT2D eigenvalue weighted by Crippen LogP contribution is 2.54. The van der Waals surface area contributed by atoms with Crippen molar-refractivity contribution < 1.29 is 0 Å². The van der Waals surface area contributed by atoms with Gasteiger partial charge in [-0.2, -0.15) is 0 Å². The molecule has 0 bridgehead atoms. The van der Waals surface area contributed by atoms with Crippen LogP contribution in [0.15, 0.2) is 60.8 Å². The Kier molecular flexibility index (Phi) is 3.03. The van der Waals surface area contributed by atoms with Gasteiger partial charge in [0, 0.05) is 29.9 Å². The summed E-state index contributed by atoms with van der Waals surface area (Å²) >= 11 is 0. The van der Waals surface area contributed by atoms with E-state index in [9.17, 15) is 0 Å². The average molecular weight is 341 g/mol. The second kappa shape index (κ2) is 5.10. The number of para-hydroxylation sites is 2. The first-order valence-electron chi connectivity index (χ1n) is 9.22. The van der Waals surface area contributed by atoms with Gasteiger partial charge in [0.1, 0.15) is 6.17 Å². The predicted octanol–water partition coefficient (Wildman–Crippen LogP) is 5.32. The largest absolute Gasteiger partial charge is 0.353 e. The Bertz CT molecular complexity index is 1020. The highest BCUT2D eigenvalue weighted by molar-refractivity contribution is 5.90. The van der Waals surface area contributed by atoms with Crippen LogP contribution in [0.4, 0.5) is 17.1 Å². The lowest BCUT2D eigenvalue weighted by atomic mass is 9.83. The first-order chi connectivity index (χ1) is 12.5. The van der Waals surface area contributed by atoms with Crippen LogP contribution in [-0.4, -0.2) is 18.2 Å². The topological polar surface area (TPSA) is 19.4 Å². The molecule has 0 radical (unpaired) electrons. The molecule has 0 saturated carbocycles. The highest BCUT2D eigenvalue weighted by atomic mass is 15.4. The van der Waals surface area contributed by atoms with Gasteiger partial charge in [0.2, 0.25) is 0 Å². The minimum atomic E-state index is -0.113. The lowest BCUT2D eigenvalue weighted by Gasteiger charge is -2.32. The van der Waals surface area contributed by atoms with Gasteiger partial charge in [-0.15, -0.1) is 0 Å². The van der Waals surface area contributed by atoms with E-state index in [0.29, 0.717) is 0 Å². The van der Waals surface area contributed by atoms with Crippen molar-refractivity contribution in [1.82, 2.24) is 4.98 Å². The normalized spacial score (nSPS) is 19.3. The fourth-order valence-electron chi connectivity index (χ4n) is 4.73. The molecule has 1 aliphatic heterocycles. The molecule has 130 valence electrons. The summed E-state index contributed by atoms with van der Waals surface area (Å²) in [5, 5.41) is 0. The van der Waals surface area contributed by atoms with E-state index in [0.717, 1.165) is 0 Å². The maximum atomic E-state index is 4.74. The molecule has 0 spiro atoms. The molecule has 2 heterocycles. The van der Waals surface area contributed by atoms with Gasteiger partial charge in [0.05, 0.1) is 17.1 Å². The smallest absolute Gasteiger partial charge is 0.103 e. The SMILES string of the molecule is C[C@H]1N(C)c2ccccc2N1c1cccc2c1C(C)(C)c1ncccc1-2. The van der Waals surface area contributed by atoms with Crippen LogP contribution in [0.1, 0.15) is 32.0 Å². The van der Waals surface area contributed by atoms with Crippen LogP contribution in [0, 0.1) is 0 Å². The van der Waals surface area contributed by atoms with Crippen LogP contribution in [0.3, 0.4) is 0 Å². The molecular formula is C23H23N3. The van der Waals surface area contributed by atoms with Crippen molar-refractivity contribution in [3.05, 3.63) is 72.1 Å². The Morgan fingerprint density at radius 2 is 1.54 bits per heavy atom. The van der Waals surface area contributed by atoms with Gasteiger partial charge in [-0.25, -0.2) is 0 Å². The Hall–Kier alpha value is -2.81. The summed E-state index contributed by atoms with van der Waals surface area (Å²) in [6.07, 6.45) is 2.18. The van der Waals surface area contributed by atoms with E-state index in [4.69, 9.17) is 4.98 Å². The Labute approximate surface area is 154 Å². The van der Waals surface area contributed by atoms with Gasteiger partial charge in [-0.1, -0.05) is 44.2 Å². The van der Waals surface area contributed by atoms with Crippen LogP contribution in [0.25, 0.3) is 11.1 Å². The third-order valence-corrected chi connectivity index (χ3v) is 6.07. The van der Waals surface area contributed by atoms with E-state index in [1.54, 1.807) is 0 Å². The van der Waals surface area contributed by atoms with Crippen molar-refractivity contribution >= 4 is 17.1 Å². The van der Waals surface area contributed by atoms with Crippen molar-refractivity contribution in [2.24, 2.45) is 0 Å². The summed E-state index contributed by atoms with van der Waals surface area (Å²) in [4.78, 5) is 9.57. The number of hydrogen-bond donors (Lipinski definition) is 0. The van der Waals surface area contributed by atoms with Gasteiger partial charge < -0.3 is 9.80 Å². The molecule has 1 atom stereocenters. The molecule has 1 aromatic heterocycles. The van der Waals surface area contributed by atoms with Crippen LogP contribution in [0.5, 0.6) is 0 Å². The number of anilines is 3. The lowest BCUT2D eigenvalue weighted by molar-refractivity contribution is 0.631. The summed E-state index contributed by atoms with van der Waals surface area (Å²) in [6.45, 7) is 6.86. The first-order valence-corrected chi connectivity index (χ1v) is 9.22. The number of rotatable bonds is 1. The van der Waals surface area contributed by atoms with E-state index in [-0.39, 0.29) is 11.6 Å². The summed E-state index contributed by atoms with van der Waals surface area (Å²) in [7, 11) is 2.17. The van der Waals surface area contributed by atoms with E-state index >= 15 is 0 Å². The Balaban J connectivity index is 1.78. The molecule has 0 fully saturated rings. The summed E-state index contributed by atoms with van der Waals surface area (Å²) in [5.74, 6) is 0. The van der Waals surface area contributed by atoms with E-state index < -0.39 is 0 Å². The minimum Gasteiger partial charge on any atom is -0.353 e. The van der Waals surface area contributed by atoms with Crippen molar-refractivity contribution in [3.63, 3.8) is 0 Å². The summed E-state index contributed by atoms with van der Waals surface area (Å²) in [6, 6.07) is 19.6. The zero-order chi connectivity index (χ0) is 18.1. The first kappa shape index (κ1) is 15.4. The quantitative estimate of drug-likeness (QED) is 0.597. The predicted molar refractivity (Wildman–Crippen MR) is 108 cm³/mol. The maximum Gasteiger partial charge on any atom is 0.103 e. The second-order valence-corrected chi connectivity index (χ2v) is 7.83. The average Bonchev–Trinajstić information content (AvgIpc) is 3.05. The Morgan fingerprint density at radius 1 is 0.846 bits per heavy atom. The summed E-state index contributed by atoms with van der Waals surface area (Å²) in [5.41, 5.74) is 8.87. The molecule has 2 aliphatic rings. The highest BCUT2D eigenvalue weighted by Gasteiger charge is 2.42. The number of nitrogens with zero attached hydrogens (tertiary/aromatic N) is 3. The molecule has 3 heteroatoms. The third-order valence-electron chi connectivity index (χ3n) is 6.07. The maximum absolute atomic E-state index is 4.74. The van der Waals surface area contributed by atoms with Gasteiger partial charge >= 0.3 is 0 Å². The molecule has 26 heavy (non-hydrogen) atoms. The number of fused-ring (bicyclic) bond motifs is 4. The molecule has 2 aromatic carbocycles. The number of hydrogen-bond acceptors (Lipinski definition) is 3. The zero-order valence-corrected chi connectivity index (χ0v) is 15.7. The molecular weight excluding hydrogens is 318 g/mol. The van der Waals surface area contributed by atoms with Gasteiger partial charge in [-0.05, 0) is 42.3 Å². The number of pyridine rings is 1. The van der Waals surface area contributed by atoms with Crippen molar-refractivity contribution in [3.8, 4) is 11.1 Å². The molecule has 0 N–H and O–H groups in total. The number of benzene rings is 2. The molecule has 0 unspecified atom stereocenters. The molecule has 0 saturated heterocycles. The molecule has 1 aliphatic carbocycles. The molecule has 0 amide bonds. The van der Waals surface area contributed by atoms with E-state index in [2.05, 4.69) is 86.1 Å². The van der Waals surface area contributed by atoms with E-state index in [1.165, 1.54) is 39.4 Å². The molecule has 3 aromatic rings. The van der Waals surface area contributed by atoms with Gasteiger partial charge in [0.25, 0.3) is 0 Å².